The highest BCUT2D eigenvalue weighted by molar-refractivity contribution is 7.99. The summed E-state index contributed by atoms with van der Waals surface area (Å²) in [6.45, 7) is 0.855. The van der Waals surface area contributed by atoms with Crippen molar-refractivity contribution in [3.8, 4) is 11.4 Å². The van der Waals surface area contributed by atoms with Crippen molar-refractivity contribution in [2.75, 3.05) is 12.4 Å². The Morgan fingerprint density at radius 3 is 2.90 bits per heavy atom. The molecule has 7 heteroatoms. The standard InChI is InChI=1S/C13H16N4O2S/c18-11-6-4-10(5-7-11)17-13(14-15-16-17)20-9-12-3-1-2-8-19-12/h4-7,12,18H,1-3,8-9H2/t12-/m1/s1. The normalized spacial score (nSPS) is 19.1. The summed E-state index contributed by atoms with van der Waals surface area (Å²) in [5.41, 5.74) is 0.833. The van der Waals surface area contributed by atoms with E-state index in [0.29, 0.717) is 6.10 Å². The number of hydrogen-bond acceptors (Lipinski definition) is 6. The van der Waals surface area contributed by atoms with Gasteiger partial charge < -0.3 is 9.84 Å². The quantitative estimate of drug-likeness (QED) is 0.869. The van der Waals surface area contributed by atoms with Crippen LogP contribution >= 0.6 is 11.8 Å². The molecule has 0 spiro atoms. The van der Waals surface area contributed by atoms with E-state index >= 15 is 0 Å². The second-order valence-electron chi connectivity index (χ2n) is 4.69. The molecule has 0 amide bonds. The lowest BCUT2D eigenvalue weighted by Gasteiger charge is -2.21. The van der Waals surface area contributed by atoms with Crippen LogP contribution in [0.15, 0.2) is 29.4 Å². The van der Waals surface area contributed by atoms with Crippen LogP contribution in [0.25, 0.3) is 5.69 Å². The lowest BCUT2D eigenvalue weighted by molar-refractivity contribution is 0.0315. The average Bonchev–Trinajstić information content (AvgIpc) is 2.95. The lowest BCUT2D eigenvalue weighted by atomic mass is 10.1. The fourth-order valence-electron chi connectivity index (χ4n) is 2.13. The van der Waals surface area contributed by atoms with Gasteiger partial charge in [-0.1, -0.05) is 11.8 Å². The van der Waals surface area contributed by atoms with Crippen LogP contribution in [0.4, 0.5) is 0 Å². The molecule has 0 unspecified atom stereocenters. The lowest BCUT2D eigenvalue weighted by Crippen LogP contribution is -2.21. The third-order valence-electron chi connectivity index (χ3n) is 3.21. The monoisotopic (exact) mass is 292 g/mol. The van der Waals surface area contributed by atoms with Gasteiger partial charge in [0.15, 0.2) is 0 Å². The number of aromatic nitrogens is 4. The minimum Gasteiger partial charge on any atom is -0.508 e. The van der Waals surface area contributed by atoms with E-state index in [4.69, 9.17) is 4.74 Å². The zero-order valence-electron chi connectivity index (χ0n) is 11.0. The molecule has 0 radical (unpaired) electrons. The van der Waals surface area contributed by atoms with Gasteiger partial charge in [-0.25, -0.2) is 0 Å². The number of rotatable bonds is 4. The average molecular weight is 292 g/mol. The molecule has 1 aromatic carbocycles. The largest absolute Gasteiger partial charge is 0.508 e. The number of aromatic hydroxyl groups is 1. The maximum absolute atomic E-state index is 9.31. The van der Waals surface area contributed by atoms with Crippen LogP contribution in [0.3, 0.4) is 0 Å². The van der Waals surface area contributed by atoms with Gasteiger partial charge in [0.05, 0.1) is 11.8 Å². The maximum Gasteiger partial charge on any atom is 0.214 e. The first kappa shape index (κ1) is 13.4. The van der Waals surface area contributed by atoms with E-state index in [1.54, 1.807) is 40.7 Å². The highest BCUT2D eigenvalue weighted by atomic mass is 32.2. The Labute approximate surface area is 121 Å². The molecular weight excluding hydrogens is 276 g/mol. The van der Waals surface area contributed by atoms with Crippen LogP contribution in [0.1, 0.15) is 19.3 Å². The molecular formula is C13H16N4O2S. The Morgan fingerprint density at radius 2 is 2.15 bits per heavy atom. The van der Waals surface area contributed by atoms with Crippen LogP contribution in [0.2, 0.25) is 0 Å². The minimum atomic E-state index is 0.228. The van der Waals surface area contributed by atoms with E-state index in [0.717, 1.165) is 36.0 Å². The number of tetrazole rings is 1. The third-order valence-corrected chi connectivity index (χ3v) is 4.26. The van der Waals surface area contributed by atoms with Crippen molar-refractivity contribution in [1.82, 2.24) is 20.2 Å². The number of nitrogens with zero attached hydrogens (tertiary/aromatic N) is 4. The predicted molar refractivity (Wildman–Crippen MR) is 75.1 cm³/mol. The van der Waals surface area contributed by atoms with E-state index < -0.39 is 0 Å². The van der Waals surface area contributed by atoms with Gasteiger partial charge in [-0.15, -0.1) is 5.10 Å². The van der Waals surface area contributed by atoms with Crippen molar-refractivity contribution in [2.45, 2.75) is 30.5 Å². The molecule has 106 valence electrons. The molecule has 2 aromatic rings. The number of benzene rings is 1. The summed E-state index contributed by atoms with van der Waals surface area (Å²) in [5, 5.41) is 21.8. The molecule has 1 fully saturated rings. The van der Waals surface area contributed by atoms with Gasteiger partial charge in [0.1, 0.15) is 5.75 Å². The fourth-order valence-corrected chi connectivity index (χ4v) is 3.09. The number of ether oxygens (including phenoxy) is 1. The second kappa shape index (κ2) is 6.23. The summed E-state index contributed by atoms with van der Waals surface area (Å²) in [7, 11) is 0. The topological polar surface area (TPSA) is 73.1 Å². The van der Waals surface area contributed by atoms with Gasteiger partial charge in [-0.05, 0) is 54.0 Å². The maximum atomic E-state index is 9.31. The Balaban J connectivity index is 1.68. The van der Waals surface area contributed by atoms with Crippen molar-refractivity contribution in [3.63, 3.8) is 0 Å². The summed E-state index contributed by atoms with van der Waals surface area (Å²) in [6.07, 6.45) is 3.78. The van der Waals surface area contributed by atoms with Gasteiger partial charge in [-0.3, -0.25) is 0 Å². The molecule has 1 saturated heterocycles. The Bertz CT molecular complexity index is 552. The highest BCUT2D eigenvalue weighted by Gasteiger charge is 2.16. The number of hydrogen-bond donors (Lipinski definition) is 1. The van der Waals surface area contributed by atoms with Crippen molar-refractivity contribution in [1.29, 1.82) is 0 Å². The van der Waals surface area contributed by atoms with E-state index in [9.17, 15) is 5.11 Å². The summed E-state index contributed by atoms with van der Waals surface area (Å²) in [6, 6.07) is 6.81. The van der Waals surface area contributed by atoms with Crippen LogP contribution in [-0.2, 0) is 4.74 Å². The van der Waals surface area contributed by atoms with Crippen molar-refractivity contribution < 1.29 is 9.84 Å². The van der Waals surface area contributed by atoms with Gasteiger partial charge in [0, 0.05) is 12.4 Å². The first-order chi connectivity index (χ1) is 9.83. The van der Waals surface area contributed by atoms with Crippen molar-refractivity contribution in [3.05, 3.63) is 24.3 Å². The molecule has 0 aliphatic carbocycles. The molecule has 1 aliphatic rings. The summed E-state index contributed by atoms with van der Waals surface area (Å²) >= 11 is 1.60. The minimum absolute atomic E-state index is 0.228. The molecule has 1 aromatic heterocycles. The molecule has 1 atom stereocenters. The summed E-state index contributed by atoms with van der Waals surface area (Å²) < 4.78 is 7.38. The van der Waals surface area contributed by atoms with Gasteiger partial charge in [0.2, 0.25) is 5.16 Å². The third kappa shape index (κ3) is 3.10. The SMILES string of the molecule is Oc1ccc(-n2nnnc2SC[C@H]2CCCCO2)cc1. The smallest absolute Gasteiger partial charge is 0.214 e. The number of phenols is 1. The number of phenolic OH excluding ortho intramolecular Hbond substituents is 1. The summed E-state index contributed by atoms with van der Waals surface area (Å²) in [4.78, 5) is 0. The van der Waals surface area contributed by atoms with Crippen LogP contribution < -0.4 is 0 Å². The Morgan fingerprint density at radius 1 is 1.30 bits per heavy atom. The predicted octanol–water partition coefficient (Wildman–Crippen LogP) is 2.03. The molecule has 3 rings (SSSR count). The van der Waals surface area contributed by atoms with E-state index in [-0.39, 0.29) is 5.75 Å². The molecule has 6 nitrogen and oxygen atoms in total. The molecule has 0 saturated carbocycles. The van der Waals surface area contributed by atoms with Gasteiger partial charge in [-0.2, -0.15) is 4.68 Å². The van der Waals surface area contributed by atoms with Crippen molar-refractivity contribution >= 4 is 11.8 Å². The van der Waals surface area contributed by atoms with Crippen molar-refractivity contribution in [2.24, 2.45) is 0 Å². The Kier molecular flexibility index (Phi) is 4.17. The van der Waals surface area contributed by atoms with Crippen LogP contribution in [-0.4, -0.2) is 43.8 Å². The zero-order chi connectivity index (χ0) is 13.8. The number of thioether (sulfide) groups is 1. The van der Waals surface area contributed by atoms with Crippen LogP contribution in [0, 0.1) is 0 Å². The van der Waals surface area contributed by atoms with Gasteiger partial charge in [0.25, 0.3) is 0 Å². The molecule has 1 N–H and O–H groups in total. The highest BCUT2D eigenvalue weighted by Crippen LogP contribution is 2.23. The molecule has 1 aliphatic heterocycles. The second-order valence-corrected chi connectivity index (χ2v) is 5.68. The van der Waals surface area contributed by atoms with Crippen LogP contribution in [0.5, 0.6) is 5.75 Å². The first-order valence-corrected chi connectivity index (χ1v) is 7.64. The Hall–Kier alpha value is -1.60. The molecule has 0 bridgehead atoms. The summed E-state index contributed by atoms with van der Waals surface area (Å²) in [5.74, 6) is 1.09. The fraction of sp³-hybridized carbons (Fsp3) is 0.462. The van der Waals surface area contributed by atoms with Gasteiger partial charge >= 0.3 is 0 Å². The van der Waals surface area contributed by atoms with E-state index in [1.165, 1.54) is 6.42 Å². The first-order valence-electron chi connectivity index (χ1n) is 6.65. The zero-order valence-corrected chi connectivity index (χ0v) is 11.8. The van der Waals surface area contributed by atoms with E-state index in [2.05, 4.69) is 15.5 Å². The van der Waals surface area contributed by atoms with E-state index in [1.807, 2.05) is 0 Å². The molecule has 2 heterocycles. The molecule has 20 heavy (non-hydrogen) atoms.